The molecule has 0 unspecified atom stereocenters. The van der Waals surface area contributed by atoms with Gasteiger partial charge in [0.2, 0.25) is 0 Å². The zero-order valence-electron chi connectivity index (χ0n) is 13.8. The number of nitrogens with zero attached hydrogens (tertiary/aromatic N) is 6. The van der Waals surface area contributed by atoms with E-state index in [0.717, 1.165) is 16.6 Å². The normalized spacial score (nSPS) is 11.5. The van der Waals surface area contributed by atoms with Crippen molar-refractivity contribution in [3.05, 3.63) is 72.4 Å². The minimum absolute atomic E-state index is 0.322. The van der Waals surface area contributed by atoms with Crippen molar-refractivity contribution in [3.63, 3.8) is 0 Å². The molecule has 0 aliphatic rings. The summed E-state index contributed by atoms with van der Waals surface area (Å²) in [4.78, 5) is 9.06. The first-order valence-corrected chi connectivity index (χ1v) is 8.11. The number of aryl methyl sites for hydroxylation is 1. The Kier molecular flexibility index (Phi) is 3.08. The molecule has 0 aliphatic heterocycles. The number of rotatable bonds is 2. The minimum atomic E-state index is -0.322. The summed E-state index contributed by atoms with van der Waals surface area (Å²) in [6.45, 7) is 2.03. The maximum atomic E-state index is 13.5. The van der Waals surface area contributed by atoms with Crippen LogP contribution in [0.3, 0.4) is 0 Å². The lowest BCUT2D eigenvalue weighted by molar-refractivity contribution is 0.628. The zero-order chi connectivity index (χ0) is 17.7. The van der Waals surface area contributed by atoms with Crippen LogP contribution in [0, 0.1) is 12.7 Å². The molecule has 0 N–H and O–H groups in total. The Morgan fingerprint density at radius 3 is 2.73 bits per heavy atom. The molecular formula is C19H13FN6. The van der Waals surface area contributed by atoms with E-state index in [1.807, 2.05) is 31.2 Å². The van der Waals surface area contributed by atoms with Crippen molar-refractivity contribution in [3.8, 4) is 17.1 Å². The smallest absolute Gasteiger partial charge is 0.182 e. The number of aromatic nitrogens is 6. The van der Waals surface area contributed by atoms with Gasteiger partial charge in [-0.3, -0.25) is 0 Å². The van der Waals surface area contributed by atoms with E-state index in [-0.39, 0.29) is 5.82 Å². The lowest BCUT2D eigenvalue weighted by Crippen LogP contribution is -1.99. The van der Waals surface area contributed by atoms with Crippen molar-refractivity contribution < 1.29 is 4.39 Å². The summed E-state index contributed by atoms with van der Waals surface area (Å²) >= 11 is 0. The molecule has 6 nitrogen and oxygen atoms in total. The van der Waals surface area contributed by atoms with Crippen LogP contribution in [0.2, 0.25) is 0 Å². The Balaban J connectivity index is 1.71. The number of hydrogen-bond acceptors (Lipinski definition) is 4. The SMILES string of the molecule is Cc1cccc(-n2ncc3c2ncn2nc(-c4cccc(F)c4)nc32)c1. The Labute approximate surface area is 147 Å². The van der Waals surface area contributed by atoms with Gasteiger partial charge in [0.25, 0.3) is 0 Å². The maximum absolute atomic E-state index is 13.5. The van der Waals surface area contributed by atoms with E-state index in [1.165, 1.54) is 12.1 Å². The molecule has 5 rings (SSSR count). The third-order valence-corrected chi connectivity index (χ3v) is 4.23. The first kappa shape index (κ1) is 14.7. The van der Waals surface area contributed by atoms with Gasteiger partial charge in [-0.2, -0.15) is 5.10 Å². The van der Waals surface area contributed by atoms with Gasteiger partial charge in [0.1, 0.15) is 12.1 Å². The highest BCUT2D eigenvalue weighted by molar-refractivity contribution is 5.90. The molecule has 5 aromatic rings. The summed E-state index contributed by atoms with van der Waals surface area (Å²) in [6, 6.07) is 14.3. The molecule has 0 atom stereocenters. The summed E-state index contributed by atoms with van der Waals surface area (Å²) in [5.74, 6) is 0.124. The van der Waals surface area contributed by atoms with E-state index in [4.69, 9.17) is 0 Å². The second-order valence-electron chi connectivity index (χ2n) is 6.09. The van der Waals surface area contributed by atoms with Crippen LogP contribution in [0.15, 0.2) is 61.1 Å². The van der Waals surface area contributed by atoms with E-state index in [2.05, 4.69) is 20.2 Å². The highest BCUT2D eigenvalue weighted by atomic mass is 19.1. The fraction of sp³-hybridized carbons (Fsp3) is 0.0526. The van der Waals surface area contributed by atoms with Crippen molar-refractivity contribution in [2.45, 2.75) is 6.92 Å². The summed E-state index contributed by atoms with van der Waals surface area (Å²) in [5.41, 5.74) is 4.02. The lowest BCUT2D eigenvalue weighted by atomic mass is 10.2. The molecule has 126 valence electrons. The van der Waals surface area contributed by atoms with Gasteiger partial charge in [-0.1, -0.05) is 24.3 Å². The lowest BCUT2D eigenvalue weighted by Gasteiger charge is -2.03. The predicted octanol–water partition coefficient (Wildman–Crippen LogP) is 3.58. The van der Waals surface area contributed by atoms with Gasteiger partial charge in [0, 0.05) is 5.56 Å². The third-order valence-electron chi connectivity index (χ3n) is 4.23. The molecule has 0 fully saturated rings. The zero-order valence-corrected chi connectivity index (χ0v) is 13.8. The van der Waals surface area contributed by atoms with E-state index in [0.29, 0.717) is 22.7 Å². The topological polar surface area (TPSA) is 60.9 Å². The third kappa shape index (κ3) is 2.25. The summed E-state index contributed by atoms with van der Waals surface area (Å²) in [5, 5.41) is 9.66. The average molecular weight is 344 g/mol. The van der Waals surface area contributed by atoms with E-state index in [9.17, 15) is 4.39 Å². The molecule has 0 radical (unpaired) electrons. The Hall–Kier alpha value is -3.61. The molecule has 26 heavy (non-hydrogen) atoms. The van der Waals surface area contributed by atoms with Crippen molar-refractivity contribution in [2.75, 3.05) is 0 Å². The molecule has 3 heterocycles. The first-order valence-electron chi connectivity index (χ1n) is 8.11. The number of halogens is 1. The molecule has 0 aliphatic carbocycles. The van der Waals surface area contributed by atoms with Gasteiger partial charge in [0.05, 0.1) is 17.3 Å². The second-order valence-corrected chi connectivity index (χ2v) is 6.09. The van der Waals surface area contributed by atoms with Crippen LogP contribution in [0.25, 0.3) is 33.8 Å². The maximum Gasteiger partial charge on any atom is 0.182 e. The van der Waals surface area contributed by atoms with Crippen molar-refractivity contribution in [1.29, 1.82) is 0 Å². The summed E-state index contributed by atoms with van der Waals surface area (Å²) in [7, 11) is 0. The number of benzene rings is 2. The fourth-order valence-corrected chi connectivity index (χ4v) is 3.02. The van der Waals surface area contributed by atoms with E-state index in [1.54, 1.807) is 33.9 Å². The fourth-order valence-electron chi connectivity index (χ4n) is 3.02. The van der Waals surface area contributed by atoms with Crippen LogP contribution in [0.1, 0.15) is 5.56 Å². The van der Waals surface area contributed by atoms with E-state index >= 15 is 0 Å². The molecular weight excluding hydrogens is 331 g/mol. The van der Waals surface area contributed by atoms with Gasteiger partial charge >= 0.3 is 0 Å². The molecule has 0 saturated heterocycles. The van der Waals surface area contributed by atoms with Gasteiger partial charge in [0.15, 0.2) is 17.1 Å². The molecule has 0 bridgehead atoms. The van der Waals surface area contributed by atoms with Gasteiger partial charge in [-0.05, 0) is 36.8 Å². The Morgan fingerprint density at radius 2 is 1.88 bits per heavy atom. The summed E-state index contributed by atoms with van der Waals surface area (Å²) < 4.78 is 16.9. The monoisotopic (exact) mass is 344 g/mol. The molecule has 0 spiro atoms. The average Bonchev–Trinajstić information content (AvgIpc) is 3.25. The van der Waals surface area contributed by atoms with Gasteiger partial charge in [-0.25, -0.2) is 23.6 Å². The minimum Gasteiger partial charge on any atom is -0.216 e. The molecule has 0 saturated carbocycles. The molecule has 0 amide bonds. The van der Waals surface area contributed by atoms with Crippen molar-refractivity contribution >= 4 is 16.7 Å². The quantitative estimate of drug-likeness (QED) is 0.491. The van der Waals surface area contributed by atoms with E-state index < -0.39 is 0 Å². The Bertz CT molecular complexity index is 1270. The number of hydrogen-bond donors (Lipinski definition) is 0. The highest BCUT2D eigenvalue weighted by Crippen LogP contribution is 2.23. The van der Waals surface area contributed by atoms with Crippen LogP contribution in [-0.2, 0) is 0 Å². The largest absolute Gasteiger partial charge is 0.216 e. The van der Waals surface area contributed by atoms with Crippen molar-refractivity contribution in [2.24, 2.45) is 0 Å². The van der Waals surface area contributed by atoms with Crippen LogP contribution < -0.4 is 0 Å². The van der Waals surface area contributed by atoms with Crippen molar-refractivity contribution in [1.82, 2.24) is 29.4 Å². The standard InChI is InChI=1S/C19H13FN6/c1-12-4-2-7-15(8-12)26-18-16(10-22-26)19-23-17(24-25(19)11-21-18)13-5-3-6-14(20)9-13/h2-11H,1H3. The van der Waals surface area contributed by atoms with Crippen LogP contribution in [0.4, 0.5) is 4.39 Å². The first-order chi connectivity index (χ1) is 12.7. The van der Waals surface area contributed by atoms with Crippen LogP contribution in [0.5, 0.6) is 0 Å². The molecule has 2 aromatic carbocycles. The van der Waals surface area contributed by atoms with Crippen LogP contribution in [-0.4, -0.2) is 29.4 Å². The summed E-state index contributed by atoms with van der Waals surface area (Å²) in [6.07, 6.45) is 3.32. The highest BCUT2D eigenvalue weighted by Gasteiger charge is 2.14. The number of fused-ring (bicyclic) bond motifs is 3. The predicted molar refractivity (Wildman–Crippen MR) is 95.5 cm³/mol. The van der Waals surface area contributed by atoms with Crippen LogP contribution >= 0.6 is 0 Å². The van der Waals surface area contributed by atoms with Gasteiger partial charge in [-0.15, -0.1) is 5.10 Å². The molecule has 3 aromatic heterocycles. The molecule has 7 heteroatoms. The Morgan fingerprint density at radius 1 is 1.00 bits per heavy atom. The second kappa shape index (κ2) is 5.45. The van der Waals surface area contributed by atoms with Gasteiger partial charge < -0.3 is 0 Å².